The van der Waals surface area contributed by atoms with Crippen LogP contribution < -0.4 is 17.1 Å². The molecule has 3 aliphatic heterocycles. The molecule has 3 saturated heterocycles. The van der Waals surface area contributed by atoms with Crippen molar-refractivity contribution in [3.05, 3.63) is 101 Å². The molecule has 113 heavy (non-hydrogen) atoms. The first-order valence-corrected chi connectivity index (χ1v) is 37.7. The Morgan fingerprint density at radius 1 is 0.407 bits per heavy atom. The number of β-amino-alcohol motifs (C(OH)–C–C–N with tert-alkyl or cyclic N) is 2. The predicted octanol–water partition coefficient (Wildman–Crippen LogP) is 6.43. The SMILES string of the molecule is CCC(O)CN1C(=O)N(CC(O)CC)C(C)(C)C1=O.CCC(O)Cn1c(=O)n(C)c(=O)n(CC(O)CC)c1=O.CCC1(CC)C(=O)N(C)C(=O)N(C)C1=O.CCC1(CC)C(=O)N(C)C(=O)N(C)C1=O.COCC(C)OC(=O)c1cc(C(C)(C)C)ccc1C(=O)OC.COCC(C)OC(=O)c1cc(C(C)(C)C)ccc1C(=O)OC. The van der Waals surface area contributed by atoms with Gasteiger partial charge in [0, 0.05) is 56.0 Å². The summed E-state index contributed by atoms with van der Waals surface area (Å²) < 4.78 is 32.4. The number of carbonyl (C=O) groups excluding carboxylic acids is 12. The molecule has 1 aromatic heterocycles. The van der Waals surface area contributed by atoms with Crippen molar-refractivity contribution in [3.63, 3.8) is 0 Å². The van der Waals surface area contributed by atoms with Gasteiger partial charge in [0.2, 0.25) is 23.6 Å². The van der Waals surface area contributed by atoms with Gasteiger partial charge in [0.25, 0.3) is 5.91 Å². The van der Waals surface area contributed by atoms with Crippen molar-refractivity contribution in [1.29, 1.82) is 0 Å². The largest absolute Gasteiger partial charge is 0.465 e. The highest BCUT2D eigenvalue weighted by Gasteiger charge is 2.55. The van der Waals surface area contributed by atoms with Crippen molar-refractivity contribution in [2.24, 2.45) is 17.9 Å². The van der Waals surface area contributed by atoms with Crippen LogP contribution in [0.15, 0.2) is 50.8 Å². The summed E-state index contributed by atoms with van der Waals surface area (Å²) in [5, 5.41) is 38.5. The zero-order valence-corrected chi connectivity index (χ0v) is 71.2. The van der Waals surface area contributed by atoms with E-state index in [1.807, 2.05) is 60.6 Å². The van der Waals surface area contributed by atoms with Gasteiger partial charge in [-0.25, -0.2) is 61.6 Å². The standard InChI is InChI=1S/2C17H24O5.C13H24N2O4.C12H21N3O5.2C10H16N2O3/c2*1-11(10-20-5)22-16(19)14-9-12(17(2,3)4)7-8-13(14)15(18)21-6;1-5-9(16)7-14-11(18)13(3,4)15(12(14)19)8-10(17)6-2;1-4-8(16)6-14-10(18)13(3)11(19)15(12(14)20)7-9(17)5-2;2*1-5-10(6-2)7(13)11(3)9(15)12(4)8(10)14/h2*7-9,11H,10H2,1-6H3;9-10,16-17H,5-8H2,1-4H3;8-9,16-17H,4-7H2,1-3H3;2*5-6H2,1-4H3. The highest BCUT2D eigenvalue weighted by molar-refractivity contribution is 6.19. The molecule has 0 saturated carbocycles. The number of rotatable bonds is 26. The fourth-order valence-electron chi connectivity index (χ4n) is 11.7. The molecule has 3 aliphatic rings. The molecule has 0 bridgehead atoms. The van der Waals surface area contributed by atoms with Crippen LogP contribution in [0.2, 0.25) is 0 Å². The number of hydrogen-bond donors (Lipinski definition) is 4. The fourth-order valence-corrected chi connectivity index (χ4v) is 11.7. The van der Waals surface area contributed by atoms with Crippen LogP contribution >= 0.6 is 0 Å². The molecule has 34 heteroatoms. The average molecular weight is 1600 g/mol. The number of aliphatic hydroxyl groups is 4. The van der Waals surface area contributed by atoms with E-state index in [4.69, 9.17) is 28.4 Å². The molecule has 4 heterocycles. The van der Waals surface area contributed by atoms with Crippen LogP contribution in [-0.4, -0.2) is 260 Å². The lowest BCUT2D eigenvalue weighted by molar-refractivity contribution is -0.159. The van der Waals surface area contributed by atoms with Gasteiger partial charge in [0.1, 0.15) is 28.6 Å². The molecule has 4 N–H and O–H groups in total. The topological polar surface area (TPSA) is 427 Å². The number of barbiturate groups is 2. The third kappa shape index (κ3) is 25.3. The van der Waals surface area contributed by atoms with Gasteiger partial charge in [-0.15, -0.1) is 0 Å². The van der Waals surface area contributed by atoms with Crippen molar-refractivity contribution in [2.75, 3.05) is 82.9 Å². The van der Waals surface area contributed by atoms with E-state index < -0.39 is 112 Å². The number of carbonyl (C=O) groups is 12. The summed E-state index contributed by atoms with van der Waals surface area (Å²) in [4.78, 5) is 186. The lowest BCUT2D eigenvalue weighted by Gasteiger charge is -2.40. The molecule has 6 unspecified atom stereocenters. The van der Waals surface area contributed by atoms with Crippen LogP contribution in [0.3, 0.4) is 0 Å². The van der Waals surface area contributed by atoms with Crippen LogP contribution in [0.1, 0.15) is 229 Å². The minimum atomic E-state index is -1.04. The maximum atomic E-state index is 12.4. The summed E-state index contributed by atoms with van der Waals surface area (Å²) in [5.74, 6) is -4.12. The molecular formula is C79H125N9O25. The normalized spacial score (nSPS) is 16.8. The zero-order chi connectivity index (χ0) is 87.7. The number of benzene rings is 2. The van der Waals surface area contributed by atoms with Crippen molar-refractivity contribution in [2.45, 2.75) is 242 Å². The first-order chi connectivity index (χ1) is 52.3. The zero-order valence-electron chi connectivity index (χ0n) is 71.2. The van der Waals surface area contributed by atoms with Crippen molar-refractivity contribution < 1.29 is 106 Å². The number of methoxy groups -OCH3 is 4. The van der Waals surface area contributed by atoms with E-state index in [2.05, 4.69) is 0 Å². The van der Waals surface area contributed by atoms with Crippen LogP contribution in [0.5, 0.6) is 0 Å². The number of ether oxygens (including phenoxy) is 6. The van der Waals surface area contributed by atoms with Gasteiger partial charge < -0.3 is 53.7 Å². The molecule has 6 rings (SSSR count). The van der Waals surface area contributed by atoms with Gasteiger partial charge in [-0.05, 0) is 125 Å². The molecule has 34 nitrogen and oxygen atoms in total. The van der Waals surface area contributed by atoms with E-state index in [9.17, 15) is 92.3 Å². The molecule has 0 radical (unpaired) electrons. The number of aliphatic hydroxyl groups excluding tert-OH is 4. The maximum Gasteiger partial charge on any atom is 0.339 e. The molecule has 2 aromatic carbocycles. The Balaban J connectivity index is 0.000000682. The summed E-state index contributed by atoms with van der Waals surface area (Å²) >= 11 is 0. The minimum absolute atomic E-state index is 0.0102. The van der Waals surface area contributed by atoms with Crippen LogP contribution in [0.25, 0.3) is 0 Å². The third-order valence-electron chi connectivity index (χ3n) is 19.7. The van der Waals surface area contributed by atoms with E-state index in [0.717, 1.165) is 49.3 Å². The Hall–Kier alpha value is -9.35. The van der Waals surface area contributed by atoms with E-state index in [1.54, 1.807) is 100 Å². The maximum absolute atomic E-state index is 12.4. The fraction of sp³-hybridized carbons (Fsp3) is 0.658. The molecule has 0 aliphatic carbocycles. The first kappa shape index (κ1) is 102. The van der Waals surface area contributed by atoms with Gasteiger partial charge in [-0.3, -0.25) is 48.5 Å². The van der Waals surface area contributed by atoms with Gasteiger partial charge >= 0.3 is 59.0 Å². The van der Waals surface area contributed by atoms with Crippen molar-refractivity contribution in [3.8, 4) is 0 Å². The second-order valence-corrected chi connectivity index (χ2v) is 30.2. The highest BCUT2D eigenvalue weighted by Crippen LogP contribution is 2.37. The second-order valence-electron chi connectivity index (χ2n) is 30.2. The number of esters is 4. The van der Waals surface area contributed by atoms with E-state index in [1.165, 1.54) is 68.6 Å². The van der Waals surface area contributed by atoms with Gasteiger partial charge in [0.15, 0.2) is 0 Å². The highest BCUT2D eigenvalue weighted by atomic mass is 16.6. The average Bonchev–Trinajstić information content (AvgIpc) is 1.63. The van der Waals surface area contributed by atoms with E-state index in [0.29, 0.717) is 51.4 Å². The summed E-state index contributed by atoms with van der Waals surface area (Å²) in [6.45, 7) is 33.5. The Bertz CT molecular complexity index is 3740. The van der Waals surface area contributed by atoms with Gasteiger partial charge in [-0.1, -0.05) is 109 Å². The Morgan fingerprint density at radius 3 is 0.965 bits per heavy atom. The molecule has 11 amide bonds. The summed E-state index contributed by atoms with van der Waals surface area (Å²) in [6, 6.07) is 8.68. The molecule has 6 atom stereocenters. The molecule has 0 spiro atoms. The molecular weight excluding hydrogens is 1470 g/mol. The number of hydrogen-bond acceptors (Lipinski definition) is 25. The van der Waals surface area contributed by atoms with E-state index in [-0.39, 0.29) is 102 Å². The number of nitrogens with zero attached hydrogens (tertiary/aromatic N) is 9. The van der Waals surface area contributed by atoms with Crippen LogP contribution in [-0.2, 0) is 83.4 Å². The Labute approximate surface area is 662 Å². The van der Waals surface area contributed by atoms with Crippen molar-refractivity contribution in [1.82, 2.24) is 43.1 Å². The predicted molar refractivity (Wildman–Crippen MR) is 418 cm³/mol. The summed E-state index contributed by atoms with van der Waals surface area (Å²) in [7, 11) is 12.5. The third-order valence-corrected chi connectivity index (χ3v) is 19.7. The lowest BCUT2D eigenvalue weighted by atomic mass is 9.78. The minimum Gasteiger partial charge on any atom is -0.465 e. The number of amides is 11. The van der Waals surface area contributed by atoms with Crippen LogP contribution in [0.4, 0.5) is 14.4 Å². The summed E-state index contributed by atoms with van der Waals surface area (Å²) in [5.41, 5.74) is -3.01. The monoisotopic (exact) mass is 1600 g/mol. The number of urea groups is 3. The molecule has 636 valence electrons. The quantitative estimate of drug-likeness (QED) is 0.0291. The Morgan fingerprint density at radius 2 is 0.699 bits per heavy atom. The smallest absolute Gasteiger partial charge is 0.339 e. The van der Waals surface area contributed by atoms with Crippen LogP contribution in [0, 0.1) is 10.8 Å². The van der Waals surface area contributed by atoms with Gasteiger partial charge in [-0.2, -0.15) is 0 Å². The van der Waals surface area contributed by atoms with Gasteiger partial charge in [0.05, 0.1) is 93.7 Å². The summed E-state index contributed by atoms with van der Waals surface area (Å²) in [6.07, 6.45) is -0.406. The Kier molecular flexibility index (Phi) is 39.9. The molecule has 3 aromatic rings. The lowest BCUT2D eigenvalue weighted by Crippen LogP contribution is -2.62. The number of imide groups is 5. The molecule has 3 fully saturated rings. The first-order valence-electron chi connectivity index (χ1n) is 37.7. The van der Waals surface area contributed by atoms with Crippen molar-refractivity contribution >= 4 is 71.5 Å². The number of aromatic nitrogens is 3. The second kappa shape index (κ2) is 44.3. The van der Waals surface area contributed by atoms with E-state index >= 15 is 0 Å².